The van der Waals surface area contributed by atoms with Crippen LogP contribution in [0.1, 0.15) is 12.8 Å². The second-order valence-corrected chi connectivity index (χ2v) is 9.17. The van der Waals surface area contributed by atoms with E-state index in [9.17, 15) is 18.0 Å². The van der Waals surface area contributed by atoms with E-state index in [2.05, 4.69) is 25.6 Å². The number of hydrogen-bond donors (Lipinski definition) is 2. The van der Waals surface area contributed by atoms with E-state index in [0.29, 0.717) is 46.4 Å². The second-order valence-electron chi connectivity index (χ2n) is 9.17. The van der Waals surface area contributed by atoms with Crippen molar-refractivity contribution in [2.45, 2.75) is 25.1 Å². The number of hydrogen-bond acceptors (Lipinski definition) is 8. The van der Waals surface area contributed by atoms with Crippen LogP contribution in [0.15, 0.2) is 41.1 Å². The second kappa shape index (κ2) is 8.87. The number of halogens is 3. The number of morpholine rings is 1. The molecule has 2 aliphatic rings. The number of ether oxygens (including phenoxy) is 1. The summed E-state index contributed by atoms with van der Waals surface area (Å²) in [7, 11) is 1.75. The first-order valence-electron chi connectivity index (χ1n) is 11.9. The molecule has 9 nitrogen and oxygen atoms in total. The van der Waals surface area contributed by atoms with Gasteiger partial charge in [0, 0.05) is 48.4 Å². The quantitative estimate of drug-likeness (QED) is 0.400. The number of aromatic nitrogens is 3. The van der Waals surface area contributed by atoms with Gasteiger partial charge in [-0.1, -0.05) is 0 Å². The summed E-state index contributed by atoms with van der Waals surface area (Å²) < 4.78 is 50.5. The van der Waals surface area contributed by atoms with Crippen molar-refractivity contribution in [3.63, 3.8) is 0 Å². The number of anilines is 3. The average Bonchev–Trinajstić information content (AvgIpc) is 3.66. The highest BCUT2D eigenvalue weighted by Gasteiger charge is 2.43. The van der Waals surface area contributed by atoms with E-state index in [1.165, 1.54) is 0 Å². The number of amides is 1. The molecule has 0 spiro atoms. The molecule has 0 unspecified atom stereocenters. The molecule has 12 heteroatoms. The minimum Gasteiger partial charge on any atom is -0.436 e. The fourth-order valence-corrected chi connectivity index (χ4v) is 4.46. The summed E-state index contributed by atoms with van der Waals surface area (Å²) in [6.45, 7) is 0.0305. The van der Waals surface area contributed by atoms with E-state index in [1.807, 2.05) is 0 Å². The van der Waals surface area contributed by atoms with Crippen LogP contribution in [0, 0.1) is 5.92 Å². The molecular formula is C25H23F3N6O3. The fourth-order valence-electron chi connectivity index (χ4n) is 4.46. The van der Waals surface area contributed by atoms with E-state index in [-0.39, 0.29) is 25.0 Å². The van der Waals surface area contributed by atoms with Crippen LogP contribution in [0.4, 0.5) is 30.5 Å². The predicted molar refractivity (Wildman–Crippen MR) is 131 cm³/mol. The smallest absolute Gasteiger partial charge is 0.416 e. The topological polar surface area (TPSA) is 105 Å². The van der Waals surface area contributed by atoms with E-state index in [4.69, 9.17) is 9.15 Å². The Balaban J connectivity index is 1.36. The Bertz CT molecular complexity index is 1500. The molecule has 1 aliphatic heterocycles. The number of oxazole rings is 1. The van der Waals surface area contributed by atoms with Crippen molar-refractivity contribution in [3.05, 3.63) is 36.7 Å². The molecular weight excluding hydrogens is 489 g/mol. The van der Waals surface area contributed by atoms with Gasteiger partial charge >= 0.3 is 6.18 Å². The van der Waals surface area contributed by atoms with Crippen LogP contribution >= 0.6 is 0 Å². The number of rotatable bonds is 5. The molecule has 1 amide bonds. The highest BCUT2D eigenvalue weighted by atomic mass is 19.4. The summed E-state index contributed by atoms with van der Waals surface area (Å²) in [5.41, 5.74) is 2.19. The van der Waals surface area contributed by atoms with Crippen LogP contribution in [0.2, 0.25) is 0 Å². The standard InChI is InChI=1S/C25H23F3N6O3/c1-29-22-16-10-30-21(33-23(35)13-2-3-13)9-15(16)17(11-31-22)24-32-18-8-14(4-5-19(18)37-24)34-6-7-36-20(12-34)25(26,27)28/h4-5,8-11,13,20H,2-3,6-7,12H2,1H3,(H,29,31)(H,30,33,35)/t20-/m0/s1. The molecule has 1 atom stereocenters. The maximum Gasteiger partial charge on any atom is 0.416 e. The first-order chi connectivity index (χ1) is 17.8. The SMILES string of the molecule is CNc1ncc(-c2nc3cc(N4CCO[C@H](C(F)(F)F)C4)ccc3o2)c2cc(NC(=O)C3CC3)ncc12. The van der Waals surface area contributed by atoms with Gasteiger partial charge in [0.1, 0.15) is 17.2 Å². The van der Waals surface area contributed by atoms with Gasteiger partial charge in [-0.3, -0.25) is 4.79 Å². The third kappa shape index (κ3) is 4.52. The molecule has 1 saturated heterocycles. The Labute approximate surface area is 209 Å². The lowest BCUT2D eigenvalue weighted by molar-refractivity contribution is -0.221. The van der Waals surface area contributed by atoms with Crippen LogP contribution in [0.3, 0.4) is 0 Å². The molecule has 2 N–H and O–H groups in total. The maximum atomic E-state index is 13.2. The molecule has 2 fully saturated rings. The van der Waals surface area contributed by atoms with Crippen LogP contribution in [-0.4, -0.2) is 59.9 Å². The van der Waals surface area contributed by atoms with Gasteiger partial charge in [-0.15, -0.1) is 0 Å². The molecule has 3 aromatic heterocycles. The van der Waals surface area contributed by atoms with Gasteiger partial charge in [-0.2, -0.15) is 13.2 Å². The number of benzene rings is 1. The number of carbonyl (C=O) groups is 1. The zero-order valence-corrected chi connectivity index (χ0v) is 19.8. The number of alkyl halides is 3. The lowest BCUT2D eigenvalue weighted by atomic mass is 10.1. The Kier molecular flexibility index (Phi) is 5.63. The van der Waals surface area contributed by atoms with E-state index >= 15 is 0 Å². The monoisotopic (exact) mass is 512 g/mol. The molecule has 0 radical (unpaired) electrons. The van der Waals surface area contributed by atoms with Gasteiger partial charge in [0.2, 0.25) is 11.8 Å². The van der Waals surface area contributed by atoms with Crippen molar-refractivity contribution in [3.8, 4) is 11.5 Å². The third-order valence-electron chi connectivity index (χ3n) is 6.61. The van der Waals surface area contributed by atoms with Gasteiger partial charge < -0.3 is 24.7 Å². The number of carbonyl (C=O) groups excluding carboxylic acids is 1. The van der Waals surface area contributed by atoms with Gasteiger partial charge in [-0.05, 0) is 37.1 Å². The van der Waals surface area contributed by atoms with E-state index in [0.717, 1.165) is 23.6 Å². The van der Waals surface area contributed by atoms with Crippen molar-refractivity contribution in [1.82, 2.24) is 15.0 Å². The maximum absolute atomic E-state index is 13.2. The van der Waals surface area contributed by atoms with Crippen molar-refractivity contribution in [1.29, 1.82) is 0 Å². The first-order valence-corrected chi connectivity index (χ1v) is 11.9. The lowest BCUT2D eigenvalue weighted by Crippen LogP contribution is -2.49. The Morgan fingerprint density at radius 2 is 1.97 bits per heavy atom. The Hall–Kier alpha value is -3.93. The number of nitrogens with zero attached hydrogens (tertiary/aromatic N) is 4. The Morgan fingerprint density at radius 3 is 2.73 bits per heavy atom. The molecule has 4 heterocycles. The molecule has 4 aromatic rings. The average molecular weight is 512 g/mol. The van der Waals surface area contributed by atoms with Crippen molar-refractivity contribution in [2.24, 2.45) is 5.92 Å². The summed E-state index contributed by atoms with van der Waals surface area (Å²) >= 11 is 0. The van der Waals surface area contributed by atoms with Gasteiger partial charge in [-0.25, -0.2) is 15.0 Å². The molecule has 1 saturated carbocycles. The third-order valence-corrected chi connectivity index (χ3v) is 6.61. The van der Waals surface area contributed by atoms with Crippen LogP contribution in [-0.2, 0) is 9.53 Å². The summed E-state index contributed by atoms with van der Waals surface area (Å²) in [4.78, 5) is 27.3. The highest BCUT2D eigenvalue weighted by Crippen LogP contribution is 2.36. The molecule has 6 rings (SSSR count). The minimum absolute atomic E-state index is 0.0184. The number of nitrogens with one attached hydrogen (secondary N) is 2. The van der Waals surface area contributed by atoms with E-state index in [1.54, 1.807) is 48.6 Å². The highest BCUT2D eigenvalue weighted by molar-refractivity contribution is 6.03. The van der Waals surface area contributed by atoms with Crippen LogP contribution in [0.25, 0.3) is 33.3 Å². The zero-order chi connectivity index (χ0) is 25.7. The summed E-state index contributed by atoms with van der Waals surface area (Å²) in [6, 6.07) is 6.88. The molecule has 192 valence electrons. The molecule has 1 aliphatic carbocycles. The van der Waals surface area contributed by atoms with Gasteiger partial charge in [0.05, 0.1) is 18.7 Å². The minimum atomic E-state index is -4.43. The summed E-state index contributed by atoms with van der Waals surface area (Å²) in [5, 5.41) is 7.35. The lowest BCUT2D eigenvalue weighted by Gasteiger charge is -2.35. The van der Waals surface area contributed by atoms with Gasteiger partial charge in [0.25, 0.3) is 0 Å². The van der Waals surface area contributed by atoms with Crippen molar-refractivity contribution >= 4 is 45.1 Å². The fraction of sp³-hybridized carbons (Fsp3) is 0.360. The molecule has 0 bridgehead atoms. The largest absolute Gasteiger partial charge is 0.436 e. The van der Waals surface area contributed by atoms with Gasteiger partial charge in [0.15, 0.2) is 11.7 Å². The van der Waals surface area contributed by atoms with E-state index < -0.39 is 12.3 Å². The van der Waals surface area contributed by atoms with Crippen molar-refractivity contribution in [2.75, 3.05) is 42.3 Å². The normalized spacial score (nSPS) is 18.4. The molecule has 37 heavy (non-hydrogen) atoms. The zero-order valence-electron chi connectivity index (χ0n) is 19.8. The summed E-state index contributed by atoms with van der Waals surface area (Å²) in [6.07, 6.45) is -1.24. The summed E-state index contributed by atoms with van der Waals surface area (Å²) in [5.74, 6) is 1.31. The van der Waals surface area contributed by atoms with Crippen LogP contribution < -0.4 is 15.5 Å². The number of pyridine rings is 2. The Morgan fingerprint density at radius 1 is 1.14 bits per heavy atom. The predicted octanol–water partition coefficient (Wildman–Crippen LogP) is 4.60. The van der Waals surface area contributed by atoms with Crippen LogP contribution in [0.5, 0.6) is 0 Å². The molecule has 1 aromatic carbocycles. The van der Waals surface area contributed by atoms with Crippen molar-refractivity contribution < 1.29 is 27.1 Å². The number of fused-ring (bicyclic) bond motifs is 2. The first kappa shape index (κ1) is 23.5.